The van der Waals surface area contributed by atoms with Crippen molar-refractivity contribution in [3.63, 3.8) is 0 Å². The maximum atomic E-state index is 12.0. The Balaban J connectivity index is 1.49. The topological polar surface area (TPSA) is 60.5 Å². The summed E-state index contributed by atoms with van der Waals surface area (Å²) in [6, 6.07) is 6.44. The van der Waals surface area contributed by atoms with Gasteiger partial charge in [-0.05, 0) is 57.5 Å². The molecule has 31 heavy (non-hydrogen) atoms. The summed E-state index contributed by atoms with van der Waals surface area (Å²) in [5.41, 5.74) is 1.18. The highest BCUT2D eigenvalue weighted by Crippen LogP contribution is 2.30. The summed E-state index contributed by atoms with van der Waals surface area (Å²) in [5.74, 6) is 1.36. The molecular weight excluding hydrogens is 396 g/mol. The van der Waals surface area contributed by atoms with Crippen molar-refractivity contribution < 1.29 is 23.7 Å². The SMILES string of the molecule is COc1ccc(CCO[C@H]2CCCC[C@@H]2N2CC[C@@H](OC(=O)CN(C)C)C2)cc1OC. The number of likely N-dealkylation sites (tertiary alicyclic amines) is 1. The molecule has 7 heteroatoms. The summed E-state index contributed by atoms with van der Waals surface area (Å²) in [7, 11) is 7.07. The number of hydrogen-bond acceptors (Lipinski definition) is 7. The van der Waals surface area contributed by atoms with Gasteiger partial charge < -0.3 is 18.9 Å². The van der Waals surface area contributed by atoms with Crippen LogP contribution in [0.25, 0.3) is 0 Å². The predicted octanol–water partition coefficient (Wildman–Crippen LogP) is 2.75. The normalized spacial score (nSPS) is 24.4. The number of ether oxygens (including phenoxy) is 4. The van der Waals surface area contributed by atoms with Gasteiger partial charge in [0, 0.05) is 19.1 Å². The molecular formula is C24H38N2O5. The van der Waals surface area contributed by atoms with E-state index in [1.807, 2.05) is 31.1 Å². The van der Waals surface area contributed by atoms with Crippen molar-refractivity contribution in [3.05, 3.63) is 23.8 Å². The summed E-state index contributed by atoms with van der Waals surface area (Å²) >= 11 is 0. The second kappa shape index (κ2) is 11.7. The van der Waals surface area contributed by atoms with Gasteiger partial charge in [0.15, 0.2) is 11.5 Å². The predicted molar refractivity (Wildman–Crippen MR) is 120 cm³/mol. The molecule has 1 aromatic carbocycles. The average Bonchev–Trinajstić information content (AvgIpc) is 3.21. The summed E-state index contributed by atoms with van der Waals surface area (Å²) in [6.07, 6.45) is 6.70. The third kappa shape index (κ3) is 6.82. The van der Waals surface area contributed by atoms with Crippen LogP contribution in [0.1, 0.15) is 37.7 Å². The second-order valence-electron chi connectivity index (χ2n) is 8.83. The molecule has 0 amide bonds. The van der Waals surface area contributed by atoms with Crippen LogP contribution in [0.3, 0.4) is 0 Å². The third-order valence-corrected chi connectivity index (χ3v) is 6.23. The molecule has 0 spiro atoms. The molecule has 0 N–H and O–H groups in total. The largest absolute Gasteiger partial charge is 0.493 e. The first-order chi connectivity index (χ1) is 15.0. The Morgan fingerprint density at radius 2 is 1.87 bits per heavy atom. The van der Waals surface area contributed by atoms with E-state index < -0.39 is 0 Å². The number of likely N-dealkylation sites (N-methyl/N-ethyl adjacent to an activating group) is 1. The minimum absolute atomic E-state index is 0.00166. The molecule has 1 saturated heterocycles. The molecule has 1 saturated carbocycles. The Labute approximate surface area is 186 Å². The highest BCUT2D eigenvalue weighted by molar-refractivity contribution is 5.71. The summed E-state index contributed by atoms with van der Waals surface area (Å²) in [6.45, 7) is 2.81. The lowest BCUT2D eigenvalue weighted by molar-refractivity contribution is -0.149. The van der Waals surface area contributed by atoms with E-state index in [1.54, 1.807) is 14.2 Å². The van der Waals surface area contributed by atoms with Gasteiger partial charge in [0.05, 0.1) is 33.5 Å². The van der Waals surface area contributed by atoms with Crippen LogP contribution >= 0.6 is 0 Å². The Morgan fingerprint density at radius 3 is 2.61 bits per heavy atom. The molecule has 7 nitrogen and oxygen atoms in total. The van der Waals surface area contributed by atoms with E-state index in [0.29, 0.717) is 19.2 Å². The van der Waals surface area contributed by atoms with Gasteiger partial charge in [-0.25, -0.2) is 0 Å². The van der Waals surface area contributed by atoms with Crippen LogP contribution in [-0.2, 0) is 20.7 Å². The van der Waals surface area contributed by atoms with Crippen molar-refractivity contribution in [2.24, 2.45) is 0 Å². The van der Waals surface area contributed by atoms with Crippen LogP contribution < -0.4 is 9.47 Å². The molecule has 1 aliphatic carbocycles. The fourth-order valence-corrected chi connectivity index (χ4v) is 4.69. The molecule has 3 rings (SSSR count). The van der Waals surface area contributed by atoms with Crippen molar-refractivity contribution in [2.75, 3.05) is 54.6 Å². The Hall–Kier alpha value is -1.83. The summed E-state index contributed by atoms with van der Waals surface area (Å²) in [4.78, 5) is 16.3. The molecule has 2 fully saturated rings. The van der Waals surface area contributed by atoms with Crippen LogP contribution in [-0.4, -0.2) is 88.6 Å². The molecule has 0 aromatic heterocycles. The van der Waals surface area contributed by atoms with Gasteiger partial charge in [-0.2, -0.15) is 0 Å². The third-order valence-electron chi connectivity index (χ3n) is 6.23. The van der Waals surface area contributed by atoms with Crippen molar-refractivity contribution >= 4 is 5.97 Å². The molecule has 2 aliphatic rings. The first-order valence-electron chi connectivity index (χ1n) is 11.4. The molecule has 0 unspecified atom stereocenters. The molecule has 1 heterocycles. The van der Waals surface area contributed by atoms with Crippen molar-refractivity contribution in [1.29, 1.82) is 0 Å². The lowest BCUT2D eigenvalue weighted by Crippen LogP contribution is -2.46. The zero-order valence-electron chi connectivity index (χ0n) is 19.5. The lowest BCUT2D eigenvalue weighted by atomic mass is 9.91. The van der Waals surface area contributed by atoms with E-state index in [4.69, 9.17) is 18.9 Å². The van der Waals surface area contributed by atoms with E-state index in [1.165, 1.54) is 18.4 Å². The lowest BCUT2D eigenvalue weighted by Gasteiger charge is -2.37. The Morgan fingerprint density at radius 1 is 1.10 bits per heavy atom. The van der Waals surface area contributed by atoms with Crippen molar-refractivity contribution in [2.45, 2.75) is 56.8 Å². The maximum Gasteiger partial charge on any atom is 0.320 e. The first-order valence-corrected chi connectivity index (χ1v) is 11.4. The standard InChI is InChI=1S/C24H38N2O5/c1-25(2)17-24(27)31-19-11-13-26(16-19)20-7-5-6-8-21(20)30-14-12-18-9-10-22(28-3)23(15-18)29-4/h9-10,15,19-21H,5-8,11-14,16-17H2,1-4H3/t19-,20+,21+/m1/s1. The van der Waals surface area contributed by atoms with E-state index in [-0.39, 0.29) is 18.2 Å². The number of hydrogen-bond donors (Lipinski definition) is 0. The summed E-state index contributed by atoms with van der Waals surface area (Å²) in [5, 5.41) is 0. The molecule has 1 aromatic rings. The fourth-order valence-electron chi connectivity index (χ4n) is 4.69. The van der Waals surface area contributed by atoms with Crippen LogP contribution in [0.15, 0.2) is 18.2 Å². The van der Waals surface area contributed by atoms with Gasteiger partial charge >= 0.3 is 5.97 Å². The van der Waals surface area contributed by atoms with Crippen LogP contribution in [0.5, 0.6) is 11.5 Å². The molecule has 3 atom stereocenters. The zero-order valence-corrected chi connectivity index (χ0v) is 19.5. The number of benzene rings is 1. The van der Waals surface area contributed by atoms with E-state index in [9.17, 15) is 4.79 Å². The Kier molecular flexibility index (Phi) is 8.99. The van der Waals surface area contributed by atoms with Crippen LogP contribution in [0, 0.1) is 0 Å². The number of carbonyl (C=O) groups is 1. The van der Waals surface area contributed by atoms with E-state index in [0.717, 1.165) is 50.3 Å². The molecule has 0 radical (unpaired) electrons. The summed E-state index contributed by atoms with van der Waals surface area (Å²) < 4.78 is 22.8. The van der Waals surface area contributed by atoms with Crippen LogP contribution in [0.2, 0.25) is 0 Å². The Bertz CT molecular complexity index is 711. The van der Waals surface area contributed by atoms with Gasteiger partial charge in [-0.15, -0.1) is 0 Å². The average molecular weight is 435 g/mol. The minimum atomic E-state index is -0.136. The van der Waals surface area contributed by atoms with Gasteiger partial charge in [0.2, 0.25) is 0 Å². The van der Waals surface area contributed by atoms with E-state index in [2.05, 4.69) is 11.0 Å². The molecule has 1 aliphatic heterocycles. The number of nitrogens with zero attached hydrogens (tertiary/aromatic N) is 2. The zero-order chi connectivity index (χ0) is 22.2. The smallest absolute Gasteiger partial charge is 0.320 e. The first kappa shape index (κ1) is 23.8. The van der Waals surface area contributed by atoms with Crippen molar-refractivity contribution in [3.8, 4) is 11.5 Å². The van der Waals surface area contributed by atoms with Crippen molar-refractivity contribution in [1.82, 2.24) is 9.80 Å². The molecule has 174 valence electrons. The highest BCUT2D eigenvalue weighted by atomic mass is 16.5. The quantitative estimate of drug-likeness (QED) is 0.525. The number of carbonyl (C=O) groups excluding carboxylic acids is 1. The van der Waals surface area contributed by atoms with Gasteiger partial charge in [-0.3, -0.25) is 14.6 Å². The van der Waals surface area contributed by atoms with Gasteiger partial charge in [0.25, 0.3) is 0 Å². The maximum absolute atomic E-state index is 12.0. The van der Waals surface area contributed by atoms with Gasteiger partial charge in [-0.1, -0.05) is 18.9 Å². The van der Waals surface area contributed by atoms with E-state index >= 15 is 0 Å². The second-order valence-corrected chi connectivity index (χ2v) is 8.83. The van der Waals surface area contributed by atoms with Gasteiger partial charge in [0.1, 0.15) is 6.10 Å². The number of esters is 1. The number of rotatable bonds is 10. The monoisotopic (exact) mass is 434 g/mol. The highest BCUT2D eigenvalue weighted by Gasteiger charge is 2.36. The number of methoxy groups -OCH3 is 2. The van der Waals surface area contributed by atoms with Crippen LogP contribution in [0.4, 0.5) is 0 Å². The molecule has 0 bridgehead atoms. The fraction of sp³-hybridized carbons (Fsp3) is 0.708. The minimum Gasteiger partial charge on any atom is -0.493 e.